The van der Waals surface area contributed by atoms with Gasteiger partial charge in [0.2, 0.25) is 5.91 Å². The molecule has 8 nitrogen and oxygen atoms in total. The summed E-state index contributed by atoms with van der Waals surface area (Å²) < 4.78 is 21.9. The molecule has 9 heteroatoms. The number of ether oxygens (including phenoxy) is 4. The Kier molecular flexibility index (Phi) is 10.3. The van der Waals surface area contributed by atoms with Crippen LogP contribution in [0.4, 0.5) is 9.59 Å². The number of thioether (sulfide) groups is 1. The quantitative estimate of drug-likeness (QED) is 0.172. The zero-order valence-electron chi connectivity index (χ0n) is 30.6. The van der Waals surface area contributed by atoms with Crippen LogP contribution in [0.1, 0.15) is 135 Å². The van der Waals surface area contributed by atoms with Crippen molar-refractivity contribution in [3.63, 3.8) is 0 Å². The normalized spacial score (nSPS) is 34.2. The average molecular weight is 684 g/mol. The zero-order chi connectivity index (χ0) is 35.2. The number of allylic oxidation sites excluding steroid dienone is 1. The van der Waals surface area contributed by atoms with Crippen LogP contribution in [0.15, 0.2) is 17.7 Å². The fourth-order valence-electron chi connectivity index (χ4n) is 9.92. The molecule has 1 aromatic rings. The number of fused-ring (bicyclic) bond motifs is 8. The predicted molar refractivity (Wildman–Crippen MR) is 189 cm³/mol. The number of hydrogen-bond acceptors (Lipinski definition) is 8. The molecule has 0 aromatic heterocycles. The monoisotopic (exact) mass is 683 g/mol. The lowest BCUT2D eigenvalue weighted by Crippen LogP contribution is -2.38. The summed E-state index contributed by atoms with van der Waals surface area (Å²) in [7, 11) is 0. The fraction of sp³-hybridized carbons (Fsp3) is 0.718. The molecule has 0 heterocycles. The Balaban J connectivity index is 1.65. The number of amides is 1. The Morgan fingerprint density at radius 1 is 0.896 bits per heavy atom. The van der Waals surface area contributed by atoms with Crippen LogP contribution in [0.25, 0.3) is 0 Å². The largest absolute Gasteiger partial charge is 0.513 e. The maximum absolute atomic E-state index is 12.7. The molecule has 3 fully saturated rings. The van der Waals surface area contributed by atoms with Gasteiger partial charge in [0.25, 0.3) is 0 Å². The van der Waals surface area contributed by atoms with Gasteiger partial charge >= 0.3 is 12.3 Å². The summed E-state index contributed by atoms with van der Waals surface area (Å²) in [6.07, 6.45) is 9.91. The van der Waals surface area contributed by atoms with Gasteiger partial charge in [0, 0.05) is 21.6 Å². The molecule has 4 aliphatic carbocycles. The first-order chi connectivity index (χ1) is 22.5. The van der Waals surface area contributed by atoms with Gasteiger partial charge in [0.15, 0.2) is 11.5 Å². The first-order valence-electron chi connectivity index (χ1n) is 18.0. The molecule has 2 N–H and O–H groups in total. The molecule has 0 saturated heterocycles. The van der Waals surface area contributed by atoms with Gasteiger partial charge < -0.3 is 24.7 Å². The van der Waals surface area contributed by atoms with Gasteiger partial charge in [0.1, 0.15) is 0 Å². The average Bonchev–Trinajstić information content (AvgIpc) is 3.27. The molecule has 7 atom stereocenters. The van der Waals surface area contributed by atoms with Crippen molar-refractivity contribution in [1.82, 2.24) is 0 Å². The number of rotatable bonds is 7. The third-order valence-electron chi connectivity index (χ3n) is 12.6. The minimum atomic E-state index is -0.841. The third-order valence-corrected chi connectivity index (χ3v) is 13.8. The van der Waals surface area contributed by atoms with Gasteiger partial charge in [-0.15, -0.1) is 11.8 Å². The fourth-order valence-corrected chi connectivity index (χ4v) is 11.2. The number of carbonyl (C=O) groups is 3. The molecule has 4 aliphatic rings. The summed E-state index contributed by atoms with van der Waals surface area (Å²) in [5.41, 5.74) is 9.97. The molecule has 1 unspecified atom stereocenters. The van der Waals surface area contributed by atoms with Crippen molar-refractivity contribution in [2.45, 2.75) is 136 Å². The van der Waals surface area contributed by atoms with Gasteiger partial charge in [-0.25, -0.2) is 9.59 Å². The topological polar surface area (TPSA) is 114 Å². The van der Waals surface area contributed by atoms with Crippen LogP contribution in [0.5, 0.6) is 11.5 Å². The summed E-state index contributed by atoms with van der Waals surface area (Å²) in [6.45, 7) is 19.6. The molecule has 5 rings (SSSR count). The van der Waals surface area contributed by atoms with Gasteiger partial charge in [-0.3, -0.25) is 4.79 Å². The highest BCUT2D eigenvalue weighted by Crippen LogP contribution is 2.66. The second-order valence-electron chi connectivity index (χ2n) is 16.2. The SMILES string of the molecule is CCOC(=O)Oc1cc2c(c(C)c1OC(=O)OCC)C(SC(C)C)C=C1[C@@H]3CC[C@@]4(C)CC[C@@](C)(C(N)=O)CC[C@@H]4[C@](C)(CC[C@]12C)C3. The van der Waals surface area contributed by atoms with E-state index >= 15 is 0 Å². The number of nitrogens with two attached hydrogens (primary N) is 1. The first-order valence-corrected chi connectivity index (χ1v) is 19.0. The van der Waals surface area contributed by atoms with Crippen molar-refractivity contribution in [2.24, 2.45) is 33.8 Å². The van der Waals surface area contributed by atoms with E-state index in [0.29, 0.717) is 17.1 Å². The summed E-state index contributed by atoms with van der Waals surface area (Å²) in [6, 6.07) is 1.94. The molecular weight excluding hydrogens is 626 g/mol. The van der Waals surface area contributed by atoms with Crippen molar-refractivity contribution in [3.8, 4) is 11.5 Å². The highest BCUT2D eigenvalue weighted by Gasteiger charge is 2.56. The number of hydrogen-bond donors (Lipinski definition) is 1. The molecule has 48 heavy (non-hydrogen) atoms. The molecule has 3 saturated carbocycles. The maximum Gasteiger partial charge on any atom is 0.513 e. The lowest BCUT2D eigenvalue weighted by atomic mass is 9.58. The number of carbonyl (C=O) groups excluding carboxylic acids is 3. The van der Waals surface area contributed by atoms with Crippen LogP contribution < -0.4 is 15.2 Å². The summed E-state index contributed by atoms with van der Waals surface area (Å²) in [5.74, 6) is 1.10. The van der Waals surface area contributed by atoms with E-state index in [1.807, 2.05) is 24.8 Å². The Morgan fingerprint density at radius 3 is 2.17 bits per heavy atom. The Morgan fingerprint density at radius 2 is 1.54 bits per heavy atom. The van der Waals surface area contributed by atoms with Crippen molar-refractivity contribution in [3.05, 3.63) is 34.4 Å². The third kappa shape index (κ3) is 6.61. The maximum atomic E-state index is 12.7. The van der Waals surface area contributed by atoms with E-state index in [1.54, 1.807) is 13.8 Å². The van der Waals surface area contributed by atoms with Gasteiger partial charge in [-0.05, 0) is 124 Å². The molecule has 0 spiro atoms. The van der Waals surface area contributed by atoms with E-state index in [4.69, 9.17) is 24.7 Å². The highest BCUT2D eigenvalue weighted by atomic mass is 32.2. The molecule has 0 radical (unpaired) electrons. The molecule has 0 aliphatic heterocycles. The Hall–Kier alpha value is -2.68. The van der Waals surface area contributed by atoms with E-state index < -0.39 is 17.7 Å². The van der Waals surface area contributed by atoms with Crippen LogP contribution >= 0.6 is 11.8 Å². The Bertz CT molecular complexity index is 1470. The highest BCUT2D eigenvalue weighted by molar-refractivity contribution is 8.00. The molecule has 266 valence electrons. The molecular formula is C39H57NO7S. The van der Waals surface area contributed by atoms with E-state index in [2.05, 4.69) is 47.6 Å². The zero-order valence-corrected chi connectivity index (χ0v) is 31.4. The minimum absolute atomic E-state index is 0.0363. The lowest BCUT2D eigenvalue weighted by molar-refractivity contribution is -0.127. The Labute approximate surface area is 291 Å². The smallest absolute Gasteiger partial charge is 0.434 e. The van der Waals surface area contributed by atoms with E-state index in [9.17, 15) is 14.4 Å². The predicted octanol–water partition coefficient (Wildman–Crippen LogP) is 9.73. The van der Waals surface area contributed by atoms with Crippen LogP contribution in [0.2, 0.25) is 0 Å². The second kappa shape index (κ2) is 13.6. The molecule has 1 aromatic carbocycles. The van der Waals surface area contributed by atoms with Gasteiger partial charge in [-0.2, -0.15) is 0 Å². The van der Waals surface area contributed by atoms with Crippen molar-refractivity contribution in [2.75, 3.05) is 13.2 Å². The van der Waals surface area contributed by atoms with Crippen molar-refractivity contribution < 1.29 is 33.3 Å². The van der Waals surface area contributed by atoms with Crippen molar-refractivity contribution in [1.29, 1.82) is 0 Å². The number of benzene rings is 1. The summed E-state index contributed by atoms with van der Waals surface area (Å²) >= 11 is 1.90. The molecule has 2 bridgehead atoms. The second-order valence-corrected chi connectivity index (χ2v) is 17.9. The standard InChI is InChI=1S/C39H57NO7S/c1-10-44-34(42)46-28-20-27-31(24(5)32(28)47-35(43)45-11-2)29(48-23(3)4)21-26-25-12-14-36(6)16-17-37(7,33(40)41)15-13-30(36)38(8,22-25)18-19-39(26,27)9/h20-21,23,25,29-30H,10-19,22H2,1-9H3,(H2,40,41)/t25-,29?,30+,36+,37+,38-,39-/m1/s1. The van der Waals surface area contributed by atoms with E-state index in [1.165, 1.54) is 5.57 Å². The van der Waals surface area contributed by atoms with E-state index in [-0.39, 0.29) is 52.1 Å². The van der Waals surface area contributed by atoms with E-state index in [0.717, 1.165) is 74.5 Å². The van der Waals surface area contributed by atoms with Crippen LogP contribution in [0.3, 0.4) is 0 Å². The van der Waals surface area contributed by atoms with Crippen LogP contribution in [0, 0.1) is 35.0 Å². The molecule has 1 amide bonds. The summed E-state index contributed by atoms with van der Waals surface area (Å²) in [4.78, 5) is 38.0. The minimum Gasteiger partial charge on any atom is -0.434 e. The van der Waals surface area contributed by atoms with Crippen molar-refractivity contribution >= 4 is 30.0 Å². The lowest BCUT2D eigenvalue weighted by Gasteiger charge is -2.47. The van der Waals surface area contributed by atoms with Crippen LogP contribution in [-0.2, 0) is 19.7 Å². The van der Waals surface area contributed by atoms with Crippen LogP contribution in [-0.4, -0.2) is 36.7 Å². The number of primary amides is 1. The first kappa shape index (κ1) is 36.6. The van der Waals surface area contributed by atoms with Gasteiger partial charge in [0.05, 0.1) is 13.2 Å². The van der Waals surface area contributed by atoms with Gasteiger partial charge in [-0.1, -0.05) is 53.2 Å². The summed E-state index contributed by atoms with van der Waals surface area (Å²) in [5, 5.41) is 0.387.